The van der Waals surface area contributed by atoms with E-state index in [1.807, 2.05) is 0 Å². The van der Waals surface area contributed by atoms with Crippen molar-refractivity contribution in [3.8, 4) is 11.5 Å². The predicted molar refractivity (Wildman–Crippen MR) is 78.3 cm³/mol. The van der Waals surface area contributed by atoms with Crippen LogP contribution in [-0.2, 0) is 10.0 Å². The second-order valence-corrected chi connectivity index (χ2v) is 6.28. The molecule has 0 aromatic heterocycles. The normalized spacial score (nSPS) is 11.4. The number of nitrogens with two attached hydrogens (primary N) is 1. The van der Waals surface area contributed by atoms with Crippen molar-refractivity contribution in [3.63, 3.8) is 0 Å². The lowest BCUT2D eigenvalue weighted by molar-refractivity contribution is 0.479. The van der Waals surface area contributed by atoms with Crippen LogP contribution in [0.5, 0.6) is 11.5 Å². The molecule has 0 spiro atoms. The molecular weight excluding hydrogens is 295 g/mol. The van der Waals surface area contributed by atoms with Crippen LogP contribution < -0.4 is 15.2 Å². The fourth-order valence-electron chi connectivity index (χ4n) is 1.76. The van der Waals surface area contributed by atoms with Crippen LogP contribution in [0, 0.1) is 12.7 Å². The van der Waals surface area contributed by atoms with Gasteiger partial charge in [-0.2, -0.15) is 0 Å². The van der Waals surface area contributed by atoms with Gasteiger partial charge in [-0.3, -0.25) is 0 Å². The molecule has 5 nitrogen and oxygen atoms in total. The lowest BCUT2D eigenvalue weighted by atomic mass is 10.2. The smallest absolute Gasteiger partial charge is 0.242 e. The number of hydrogen-bond donors (Lipinski definition) is 2. The van der Waals surface area contributed by atoms with Crippen molar-refractivity contribution >= 4 is 15.7 Å². The van der Waals surface area contributed by atoms with E-state index in [4.69, 9.17) is 10.5 Å². The average Bonchev–Trinajstić information content (AvgIpc) is 2.43. The number of benzene rings is 2. The number of rotatable bonds is 4. The molecule has 0 atom stereocenters. The summed E-state index contributed by atoms with van der Waals surface area (Å²) in [5.74, 6) is 0.489. The zero-order valence-electron chi connectivity index (χ0n) is 11.6. The Hall–Kier alpha value is -2.12. The van der Waals surface area contributed by atoms with Crippen LogP contribution in [0.3, 0.4) is 0 Å². The first-order valence-electron chi connectivity index (χ1n) is 6.10. The van der Waals surface area contributed by atoms with Crippen LogP contribution in [0.15, 0.2) is 41.3 Å². The summed E-state index contributed by atoms with van der Waals surface area (Å²) >= 11 is 0. The molecule has 0 bridgehead atoms. The molecule has 0 saturated carbocycles. The largest absolute Gasteiger partial charge is 0.457 e. The zero-order valence-corrected chi connectivity index (χ0v) is 12.4. The first kappa shape index (κ1) is 15.3. The SMILES string of the molecule is CNS(=O)(=O)c1ccc(Oc2ccc(F)c(C)c2)cc1N. The van der Waals surface area contributed by atoms with Crippen molar-refractivity contribution in [2.24, 2.45) is 0 Å². The minimum absolute atomic E-state index is 0.0207. The molecular formula is C14H15FN2O3S. The lowest BCUT2D eigenvalue weighted by Gasteiger charge is -2.10. The van der Waals surface area contributed by atoms with Crippen LogP contribution in [0.1, 0.15) is 5.56 Å². The number of nitrogen functional groups attached to an aromatic ring is 1. The van der Waals surface area contributed by atoms with Crippen LogP contribution in [0.25, 0.3) is 0 Å². The molecule has 0 fully saturated rings. The monoisotopic (exact) mass is 310 g/mol. The summed E-state index contributed by atoms with van der Waals surface area (Å²) in [7, 11) is -2.30. The van der Waals surface area contributed by atoms with Gasteiger partial charge in [0, 0.05) is 6.07 Å². The van der Waals surface area contributed by atoms with E-state index in [0.29, 0.717) is 17.1 Å². The summed E-state index contributed by atoms with van der Waals surface area (Å²) in [6.07, 6.45) is 0. The maximum atomic E-state index is 13.2. The van der Waals surface area contributed by atoms with Crippen molar-refractivity contribution in [1.29, 1.82) is 0 Å². The Bertz CT molecular complexity index is 776. The van der Waals surface area contributed by atoms with Gasteiger partial charge in [-0.25, -0.2) is 17.5 Å². The second kappa shape index (κ2) is 5.71. The highest BCUT2D eigenvalue weighted by Crippen LogP contribution is 2.28. The Morgan fingerprint density at radius 2 is 1.76 bits per heavy atom. The minimum Gasteiger partial charge on any atom is -0.457 e. The molecule has 2 rings (SSSR count). The highest BCUT2D eigenvalue weighted by molar-refractivity contribution is 7.89. The topological polar surface area (TPSA) is 81.4 Å². The highest BCUT2D eigenvalue weighted by Gasteiger charge is 2.15. The molecule has 2 aromatic rings. The van der Waals surface area contributed by atoms with Crippen LogP contribution in [-0.4, -0.2) is 15.5 Å². The number of ether oxygens (including phenoxy) is 1. The molecule has 0 amide bonds. The van der Waals surface area contributed by atoms with Crippen LogP contribution in [0.4, 0.5) is 10.1 Å². The summed E-state index contributed by atoms with van der Waals surface area (Å²) in [5, 5.41) is 0. The first-order chi connectivity index (χ1) is 9.83. The van der Waals surface area contributed by atoms with Gasteiger partial charge in [0.05, 0.1) is 5.69 Å². The molecule has 2 aromatic carbocycles. The van der Waals surface area contributed by atoms with E-state index < -0.39 is 10.0 Å². The van der Waals surface area contributed by atoms with Crippen molar-refractivity contribution < 1.29 is 17.5 Å². The predicted octanol–water partition coefficient (Wildman–Crippen LogP) is 2.42. The summed E-state index contributed by atoms with van der Waals surface area (Å²) in [4.78, 5) is -0.0207. The third-order valence-electron chi connectivity index (χ3n) is 2.90. The number of sulfonamides is 1. The number of nitrogens with one attached hydrogen (secondary N) is 1. The van der Waals surface area contributed by atoms with E-state index in [2.05, 4.69) is 4.72 Å². The Balaban J connectivity index is 2.30. The van der Waals surface area contributed by atoms with E-state index in [0.717, 1.165) is 0 Å². The fraction of sp³-hybridized carbons (Fsp3) is 0.143. The van der Waals surface area contributed by atoms with Gasteiger partial charge in [-0.05, 0) is 49.9 Å². The molecule has 0 unspecified atom stereocenters. The maximum absolute atomic E-state index is 13.2. The fourth-order valence-corrected chi connectivity index (χ4v) is 2.60. The Morgan fingerprint density at radius 3 is 2.33 bits per heavy atom. The zero-order chi connectivity index (χ0) is 15.6. The Morgan fingerprint density at radius 1 is 1.14 bits per heavy atom. The van der Waals surface area contributed by atoms with Crippen molar-refractivity contribution in [2.75, 3.05) is 12.8 Å². The molecule has 0 saturated heterocycles. The third kappa shape index (κ3) is 3.32. The molecule has 112 valence electrons. The van der Waals surface area contributed by atoms with Gasteiger partial charge in [0.2, 0.25) is 10.0 Å². The van der Waals surface area contributed by atoms with Gasteiger partial charge in [0.1, 0.15) is 22.2 Å². The van der Waals surface area contributed by atoms with Gasteiger partial charge in [-0.15, -0.1) is 0 Å². The van der Waals surface area contributed by atoms with Gasteiger partial charge in [0.25, 0.3) is 0 Å². The standard InChI is InChI=1S/C14H15FN2O3S/c1-9-7-10(3-5-12(9)15)20-11-4-6-14(13(16)8-11)21(18,19)17-2/h3-8,17H,16H2,1-2H3. The Labute approximate surface area is 122 Å². The van der Waals surface area contributed by atoms with Crippen molar-refractivity contribution in [1.82, 2.24) is 4.72 Å². The van der Waals surface area contributed by atoms with Gasteiger partial charge >= 0.3 is 0 Å². The number of hydrogen-bond acceptors (Lipinski definition) is 4. The number of aryl methyl sites for hydroxylation is 1. The molecule has 0 heterocycles. The van der Waals surface area contributed by atoms with Crippen LogP contribution in [0.2, 0.25) is 0 Å². The van der Waals surface area contributed by atoms with Gasteiger partial charge < -0.3 is 10.5 Å². The van der Waals surface area contributed by atoms with E-state index in [-0.39, 0.29) is 16.4 Å². The van der Waals surface area contributed by atoms with Gasteiger partial charge in [-0.1, -0.05) is 0 Å². The molecule has 7 heteroatoms. The maximum Gasteiger partial charge on any atom is 0.242 e. The lowest BCUT2D eigenvalue weighted by Crippen LogP contribution is -2.19. The second-order valence-electron chi connectivity index (χ2n) is 4.42. The molecule has 0 aliphatic heterocycles. The van der Waals surface area contributed by atoms with Crippen molar-refractivity contribution in [3.05, 3.63) is 47.8 Å². The average molecular weight is 310 g/mol. The molecule has 21 heavy (non-hydrogen) atoms. The summed E-state index contributed by atoms with van der Waals surface area (Å²) in [6, 6.07) is 8.57. The minimum atomic E-state index is -3.61. The quantitative estimate of drug-likeness (QED) is 0.850. The first-order valence-corrected chi connectivity index (χ1v) is 7.59. The summed E-state index contributed by atoms with van der Waals surface area (Å²) < 4.78 is 44.3. The third-order valence-corrected chi connectivity index (χ3v) is 4.39. The molecule has 0 aliphatic rings. The molecule has 0 radical (unpaired) electrons. The molecule has 3 N–H and O–H groups in total. The van der Waals surface area contributed by atoms with E-state index in [9.17, 15) is 12.8 Å². The summed E-state index contributed by atoms with van der Waals surface area (Å²) in [5.41, 5.74) is 6.26. The van der Waals surface area contributed by atoms with E-state index in [1.54, 1.807) is 13.0 Å². The van der Waals surface area contributed by atoms with Gasteiger partial charge in [0.15, 0.2) is 0 Å². The summed E-state index contributed by atoms with van der Waals surface area (Å²) in [6.45, 7) is 1.62. The highest BCUT2D eigenvalue weighted by atomic mass is 32.2. The Kier molecular flexibility index (Phi) is 4.15. The number of anilines is 1. The number of halogens is 1. The van der Waals surface area contributed by atoms with Crippen molar-refractivity contribution in [2.45, 2.75) is 11.8 Å². The van der Waals surface area contributed by atoms with E-state index >= 15 is 0 Å². The van der Waals surface area contributed by atoms with E-state index in [1.165, 1.54) is 37.4 Å². The molecule has 0 aliphatic carbocycles. The van der Waals surface area contributed by atoms with Crippen LogP contribution >= 0.6 is 0 Å².